The summed E-state index contributed by atoms with van der Waals surface area (Å²) in [7, 11) is 0. The Morgan fingerprint density at radius 2 is 1.86 bits per heavy atom. The first-order valence-corrected chi connectivity index (χ1v) is 7.13. The Kier molecular flexibility index (Phi) is 3.16. The van der Waals surface area contributed by atoms with Crippen molar-refractivity contribution in [1.82, 2.24) is 14.4 Å². The summed E-state index contributed by atoms with van der Waals surface area (Å²) in [5, 5.41) is 3.57. The van der Waals surface area contributed by atoms with Gasteiger partial charge in [0.25, 0.3) is 0 Å². The number of hydrogen-bond acceptors (Lipinski definition) is 3. The van der Waals surface area contributed by atoms with Crippen molar-refractivity contribution in [2.75, 3.05) is 5.32 Å². The maximum atomic E-state index is 4.77. The molecule has 0 spiro atoms. The van der Waals surface area contributed by atoms with Gasteiger partial charge in [-0.25, -0.2) is 4.98 Å². The summed E-state index contributed by atoms with van der Waals surface area (Å²) in [4.78, 5) is 9.21. The van der Waals surface area contributed by atoms with Gasteiger partial charge in [0.2, 0.25) is 0 Å². The number of hydrogen-bond donors (Lipinski definition) is 1. The van der Waals surface area contributed by atoms with Crippen LogP contribution in [0, 0.1) is 6.92 Å². The average molecular weight is 280 g/mol. The van der Waals surface area contributed by atoms with Crippen LogP contribution in [0.4, 0.5) is 5.82 Å². The molecule has 1 N–H and O–H groups in total. The monoisotopic (exact) mass is 280 g/mol. The predicted molar refractivity (Wildman–Crippen MR) is 86.5 cm³/mol. The summed E-state index contributed by atoms with van der Waals surface area (Å²) < 4.78 is 2.15. The summed E-state index contributed by atoms with van der Waals surface area (Å²) in [5.74, 6) is 0.995. The van der Waals surface area contributed by atoms with Gasteiger partial charge in [0.1, 0.15) is 17.2 Å². The zero-order valence-electron chi connectivity index (χ0n) is 12.9. The largest absolute Gasteiger partial charge is 0.365 e. The van der Waals surface area contributed by atoms with Gasteiger partial charge in [0.05, 0.1) is 5.69 Å². The van der Waals surface area contributed by atoms with Crippen molar-refractivity contribution in [1.29, 1.82) is 0 Å². The van der Waals surface area contributed by atoms with Crippen molar-refractivity contribution < 1.29 is 0 Å². The molecule has 0 aliphatic rings. The topological polar surface area (TPSA) is 42.2 Å². The third-order valence-corrected chi connectivity index (χ3v) is 3.24. The molecular formula is C17H20N4. The van der Waals surface area contributed by atoms with E-state index in [1.807, 2.05) is 30.3 Å². The number of nitrogens with zero attached hydrogens (tertiary/aromatic N) is 3. The zero-order chi connectivity index (χ0) is 15.0. The molecule has 21 heavy (non-hydrogen) atoms. The highest BCUT2D eigenvalue weighted by molar-refractivity contribution is 5.75. The van der Waals surface area contributed by atoms with Crippen LogP contribution >= 0.6 is 0 Å². The predicted octanol–water partition coefficient (Wildman–Crippen LogP) is 3.92. The number of rotatable bonds is 2. The Hall–Kier alpha value is -2.36. The lowest BCUT2D eigenvalue weighted by molar-refractivity contribution is 0.629. The first-order valence-electron chi connectivity index (χ1n) is 7.13. The molecule has 0 fully saturated rings. The summed E-state index contributed by atoms with van der Waals surface area (Å²) >= 11 is 0. The maximum Gasteiger partial charge on any atom is 0.141 e. The second kappa shape index (κ2) is 4.88. The lowest BCUT2D eigenvalue weighted by Crippen LogP contribution is -2.27. The molecule has 0 aliphatic heterocycles. The summed E-state index contributed by atoms with van der Waals surface area (Å²) in [6, 6.07) is 12.0. The number of aromatic nitrogens is 3. The molecule has 3 heterocycles. The number of anilines is 1. The first kappa shape index (κ1) is 13.6. The van der Waals surface area contributed by atoms with Crippen molar-refractivity contribution >= 4 is 11.5 Å². The van der Waals surface area contributed by atoms with Crippen molar-refractivity contribution in [3.05, 3.63) is 48.3 Å². The molecule has 3 aromatic heterocycles. The highest BCUT2D eigenvalue weighted by Gasteiger charge is 2.20. The summed E-state index contributed by atoms with van der Waals surface area (Å²) in [6.45, 7) is 8.53. The fourth-order valence-electron chi connectivity index (χ4n) is 2.41. The lowest BCUT2D eigenvalue weighted by Gasteiger charge is -2.23. The standard InChI is InChI=1S/C17H20N4/c1-12-8-7-10-14-19-15(13-9-5-6-11-18-13)16(21(12)14)20-17(2,3)4/h5-11,20H,1-4H3. The Labute approximate surface area is 124 Å². The smallest absolute Gasteiger partial charge is 0.141 e. The van der Waals surface area contributed by atoms with Crippen molar-refractivity contribution in [3.63, 3.8) is 0 Å². The van der Waals surface area contributed by atoms with E-state index >= 15 is 0 Å². The molecule has 0 amide bonds. The van der Waals surface area contributed by atoms with E-state index in [0.29, 0.717) is 0 Å². The SMILES string of the molecule is Cc1cccc2nc(-c3ccccn3)c(NC(C)(C)C)n12. The second-order valence-electron chi connectivity index (χ2n) is 6.26. The molecule has 0 bridgehead atoms. The van der Waals surface area contributed by atoms with Crippen LogP contribution in [0.2, 0.25) is 0 Å². The molecule has 4 nitrogen and oxygen atoms in total. The summed E-state index contributed by atoms with van der Waals surface area (Å²) in [6.07, 6.45) is 1.80. The number of pyridine rings is 2. The van der Waals surface area contributed by atoms with E-state index in [0.717, 1.165) is 28.5 Å². The van der Waals surface area contributed by atoms with E-state index in [1.165, 1.54) is 0 Å². The van der Waals surface area contributed by atoms with E-state index in [-0.39, 0.29) is 5.54 Å². The maximum absolute atomic E-state index is 4.77. The molecule has 0 aromatic carbocycles. The minimum absolute atomic E-state index is 0.0538. The van der Waals surface area contributed by atoms with Crippen LogP contribution in [0.25, 0.3) is 17.0 Å². The molecule has 3 aromatic rings. The van der Waals surface area contributed by atoms with E-state index in [9.17, 15) is 0 Å². The molecule has 4 heteroatoms. The zero-order valence-corrected chi connectivity index (χ0v) is 12.9. The van der Waals surface area contributed by atoms with Crippen LogP contribution in [-0.2, 0) is 0 Å². The normalized spacial score (nSPS) is 11.8. The molecule has 0 unspecified atom stereocenters. The number of nitrogens with one attached hydrogen (secondary N) is 1. The van der Waals surface area contributed by atoms with Gasteiger partial charge in [0.15, 0.2) is 0 Å². The molecule has 108 valence electrons. The van der Waals surface area contributed by atoms with Gasteiger partial charge < -0.3 is 5.32 Å². The Morgan fingerprint density at radius 1 is 1.05 bits per heavy atom. The highest BCUT2D eigenvalue weighted by atomic mass is 15.2. The van der Waals surface area contributed by atoms with E-state index < -0.39 is 0 Å². The second-order valence-corrected chi connectivity index (χ2v) is 6.26. The van der Waals surface area contributed by atoms with Gasteiger partial charge in [-0.15, -0.1) is 0 Å². The molecule has 0 radical (unpaired) electrons. The van der Waals surface area contributed by atoms with E-state index in [4.69, 9.17) is 4.98 Å². The Morgan fingerprint density at radius 3 is 2.52 bits per heavy atom. The van der Waals surface area contributed by atoms with E-state index in [2.05, 4.69) is 48.5 Å². The van der Waals surface area contributed by atoms with Crippen molar-refractivity contribution in [2.45, 2.75) is 33.2 Å². The van der Waals surface area contributed by atoms with Gasteiger partial charge >= 0.3 is 0 Å². The van der Waals surface area contributed by atoms with E-state index in [1.54, 1.807) is 6.20 Å². The number of imidazole rings is 1. The third kappa shape index (κ3) is 2.61. The first-order chi connectivity index (χ1) is 9.96. The van der Waals surface area contributed by atoms with Crippen LogP contribution in [0.5, 0.6) is 0 Å². The van der Waals surface area contributed by atoms with Gasteiger partial charge in [0, 0.05) is 17.4 Å². The van der Waals surface area contributed by atoms with Gasteiger partial charge in [-0.3, -0.25) is 9.38 Å². The summed E-state index contributed by atoms with van der Waals surface area (Å²) in [5.41, 5.74) is 3.80. The van der Waals surface area contributed by atoms with Gasteiger partial charge in [-0.05, 0) is 52.0 Å². The minimum atomic E-state index is -0.0538. The van der Waals surface area contributed by atoms with Gasteiger partial charge in [-0.1, -0.05) is 12.1 Å². The Bertz CT molecular complexity index is 767. The molecule has 0 saturated heterocycles. The highest BCUT2D eigenvalue weighted by Crippen LogP contribution is 2.30. The molecule has 0 saturated carbocycles. The van der Waals surface area contributed by atoms with Crippen molar-refractivity contribution in [2.24, 2.45) is 0 Å². The van der Waals surface area contributed by atoms with Crippen LogP contribution in [0.15, 0.2) is 42.6 Å². The number of fused-ring (bicyclic) bond motifs is 1. The lowest BCUT2D eigenvalue weighted by atomic mass is 10.1. The Balaban J connectivity index is 2.29. The quantitative estimate of drug-likeness (QED) is 0.773. The van der Waals surface area contributed by atoms with Crippen LogP contribution < -0.4 is 5.32 Å². The average Bonchev–Trinajstić information content (AvgIpc) is 2.78. The van der Waals surface area contributed by atoms with Crippen molar-refractivity contribution in [3.8, 4) is 11.4 Å². The number of aryl methyl sites for hydroxylation is 1. The fourth-order valence-corrected chi connectivity index (χ4v) is 2.41. The van der Waals surface area contributed by atoms with Crippen LogP contribution in [0.3, 0.4) is 0 Å². The van der Waals surface area contributed by atoms with Crippen LogP contribution in [-0.4, -0.2) is 19.9 Å². The molecule has 3 rings (SSSR count). The molecule has 0 aliphatic carbocycles. The van der Waals surface area contributed by atoms with Gasteiger partial charge in [-0.2, -0.15) is 0 Å². The molecular weight excluding hydrogens is 260 g/mol. The third-order valence-electron chi connectivity index (χ3n) is 3.24. The van der Waals surface area contributed by atoms with Crippen LogP contribution in [0.1, 0.15) is 26.5 Å². The minimum Gasteiger partial charge on any atom is -0.365 e. The molecule has 0 atom stereocenters. The fraction of sp³-hybridized carbons (Fsp3) is 0.294.